The molecular weight excluding hydrogens is 438 g/mol. The molecule has 0 spiro atoms. The standard InChI is InChI=1S/C21H24BrN3O2S/c1-3-24(4-2)12-13-25(20(26)15-27-17-8-6-5-7-9-17)21-23-18-11-10-16(22)14-19(18)28-21/h5-11,14H,3-4,12-13,15H2,1-2H3. The lowest BCUT2D eigenvalue weighted by molar-refractivity contribution is -0.120. The molecule has 0 aliphatic heterocycles. The maximum Gasteiger partial charge on any atom is 0.266 e. The lowest BCUT2D eigenvalue weighted by atomic mass is 10.3. The number of aromatic nitrogens is 1. The third-order valence-corrected chi connectivity index (χ3v) is 6.05. The van der Waals surface area contributed by atoms with Crippen LogP contribution >= 0.6 is 27.3 Å². The first kappa shape index (κ1) is 20.8. The van der Waals surface area contributed by atoms with Gasteiger partial charge in [-0.1, -0.05) is 59.3 Å². The van der Waals surface area contributed by atoms with Crippen molar-refractivity contribution in [1.29, 1.82) is 0 Å². The summed E-state index contributed by atoms with van der Waals surface area (Å²) in [6.07, 6.45) is 0. The van der Waals surface area contributed by atoms with E-state index in [2.05, 4.69) is 39.7 Å². The minimum Gasteiger partial charge on any atom is -0.484 e. The second kappa shape index (κ2) is 10.0. The summed E-state index contributed by atoms with van der Waals surface area (Å²) in [5.41, 5.74) is 0.896. The Morgan fingerprint density at radius 3 is 2.57 bits per heavy atom. The molecule has 148 valence electrons. The summed E-state index contributed by atoms with van der Waals surface area (Å²) in [6.45, 7) is 7.52. The van der Waals surface area contributed by atoms with Crippen LogP contribution in [0.25, 0.3) is 10.2 Å². The van der Waals surface area contributed by atoms with Gasteiger partial charge in [0, 0.05) is 17.6 Å². The number of benzene rings is 2. The Morgan fingerprint density at radius 2 is 1.86 bits per heavy atom. The number of amides is 1. The van der Waals surface area contributed by atoms with Gasteiger partial charge < -0.3 is 9.64 Å². The molecule has 1 amide bonds. The van der Waals surface area contributed by atoms with Crippen LogP contribution in [0.4, 0.5) is 5.13 Å². The van der Waals surface area contributed by atoms with E-state index in [4.69, 9.17) is 4.74 Å². The number of thiazole rings is 1. The molecule has 28 heavy (non-hydrogen) atoms. The monoisotopic (exact) mass is 461 g/mol. The van der Waals surface area contributed by atoms with Crippen molar-refractivity contribution in [1.82, 2.24) is 9.88 Å². The highest BCUT2D eigenvalue weighted by Gasteiger charge is 2.21. The van der Waals surface area contributed by atoms with Gasteiger partial charge in [0.05, 0.1) is 10.2 Å². The molecule has 0 radical (unpaired) electrons. The van der Waals surface area contributed by atoms with Gasteiger partial charge in [-0.2, -0.15) is 0 Å². The van der Waals surface area contributed by atoms with E-state index in [0.29, 0.717) is 17.4 Å². The average molecular weight is 462 g/mol. The lowest BCUT2D eigenvalue weighted by Gasteiger charge is -2.24. The molecule has 0 aliphatic carbocycles. The Morgan fingerprint density at radius 1 is 1.11 bits per heavy atom. The Bertz CT molecular complexity index is 912. The number of ether oxygens (including phenoxy) is 1. The molecule has 0 saturated carbocycles. The van der Waals surface area contributed by atoms with E-state index in [1.165, 1.54) is 11.3 Å². The van der Waals surface area contributed by atoms with Crippen molar-refractivity contribution in [3.05, 3.63) is 53.0 Å². The second-order valence-corrected chi connectivity index (χ2v) is 8.21. The number of hydrogen-bond donors (Lipinski definition) is 0. The first-order valence-corrected chi connectivity index (χ1v) is 11.0. The van der Waals surface area contributed by atoms with Crippen molar-refractivity contribution < 1.29 is 9.53 Å². The summed E-state index contributed by atoms with van der Waals surface area (Å²) in [5.74, 6) is 0.599. The Hall–Kier alpha value is -1.96. The number of likely N-dealkylation sites (N-methyl/N-ethyl adjacent to an activating group) is 1. The van der Waals surface area contributed by atoms with Crippen LogP contribution in [0.2, 0.25) is 0 Å². The van der Waals surface area contributed by atoms with Crippen molar-refractivity contribution in [3.8, 4) is 5.75 Å². The average Bonchev–Trinajstić information content (AvgIpc) is 3.13. The zero-order valence-electron chi connectivity index (χ0n) is 16.1. The van der Waals surface area contributed by atoms with Crippen LogP contribution in [0.5, 0.6) is 5.75 Å². The van der Waals surface area contributed by atoms with Gasteiger partial charge in [-0.05, 0) is 43.4 Å². The topological polar surface area (TPSA) is 45.7 Å². The van der Waals surface area contributed by atoms with Crippen molar-refractivity contribution in [2.75, 3.05) is 37.7 Å². The van der Waals surface area contributed by atoms with Crippen LogP contribution in [0.3, 0.4) is 0 Å². The van der Waals surface area contributed by atoms with E-state index >= 15 is 0 Å². The van der Waals surface area contributed by atoms with Gasteiger partial charge in [-0.3, -0.25) is 9.69 Å². The number of anilines is 1. The molecule has 5 nitrogen and oxygen atoms in total. The van der Waals surface area contributed by atoms with Gasteiger partial charge in [-0.25, -0.2) is 4.98 Å². The smallest absolute Gasteiger partial charge is 0.266 e. The highest BCUT2D eigenvalue weighted by Crippen LogP contribution is 2.31. The van der Waals surface area contributed by atoms with Crippen molar-refractivity contribution in [2.45, 2.75) is 13.8 Å². The summed E-state index contributed by atoms with van der Waals surface area (Å²) in [7, 11) is 0. The largest absolute Gasteiger partial charge is 0.484 e. The van der Waals surface area contributed by atoms with E-state index < -0.39 is 0 Å². The highest BCUT2D eigenvalue weighted by molar-refractivity contribution is 9.10. The number of halogens is 1. The minimum absolute atomic E-state index is 0.0120. The molecule has 3 rings (SSSR count). The minimum atomic E-state index is -0.0888. The van der Waals surface area contributed by atoms with Crippen molar-refractivity contribution in [3.63, 3.8) is 0 Å². The van der Waals surface area contributed by atoms with E-state index in [9.17, 15) is 4.79 Å². The molecule has 0 bridgehead atoms. The molecule has 0 aliphatic rings. The zero-order valence-corrected chi connectivity index (χ0v) is 18.5. The van der Waals surface area contributed by atoms with E-state index in [-0.39, 0.29) is 12.5 Å². The molecule has 3 aromatic rings. The van der Waals surface area contributed by atoms with E-state index in [0.717, 1.165) is 34.3 Å². The van der Waals surface area contributed by atoms with Gasteiger partial charge in [0.25, 0.3) is 5.91 Å². The predicted octanol–water partition coefficient (Wildman–Crippen LogP) is 4.81. The normalized spacial score (nSPS) is 11.1. The van der Waals surface area contributed by atoms with Crippen molar-refractivity contribution in [2.24, 2.45) is 0 Å². The fourth-order valence-corrected chi connectivity index (χ4v) is 4.41. The second-order valence-electron chi connectivity index (χ2n) is 6.28. The third-order valence-electron chi connectivity index (χ3n) is 4.51. The predicted molar refractivity (Wildman–Crippen MR) is 119 cm³/mol. The van der Waals surface area contributed by atoms with Gasteiger partial charge in [0.2, 0.25) is 0 Å². The first-order valence-electron chi connectivity index (χ1n) is 9.37. The van der Waals surface area contributed by atoms with Gasteiger partial charge in [-0.15, -0.1) is 0 Å². The lowest BCUT2D eigenvalue weighted by Crippen LogP contribution is -2.41. The Balaban J connectivity index is 1.79. The molecule has 1 aromatic heterocycles. The van der Waals surface area contributed by atoms with Crippen molar-refractivity contribution >= 4 is 48.5 Å². The molecule has 7 heteroatoms. The van der Waals surface area contributed by atoms with Gasteiger partial charge in [0.15, 0.2) is 11.7 Å². The number of hydrogen-bond acceptors (Lipinski definition) is 5. The number of fused-ring (bicyclic) bond motifs is 1. The molecule has 0 N–H and O–H groups in total. The van der Waals surface area contributed by atoms with Gasteiger partial charge >= 0.3 is 0 Å². The molecule has 2 aromatic carbocycles. The summed E-state index contributed by atoms with van der Waals surface area (Å²) in [5, 5.41) is 0.710. The molecule has 0 saturated heterocycles. The van der Waals surface area contributed by atoms with E-state index in [1.807, 2.05) is 48.5 Å². The molecule has 0 unspecified atom stereocenters. The third kappa shape index (κ3) is 5.31. The number of para-hydroxylation sites is 1. The quantitative estimate of drug-likeness (QED) is 0.458. The molecular formula is C21H24BrN3O2S. The van der Waals surface area contributed by atoms with Crippen LogP contribution in [0.15, 0.2) is 53.0 Å². The van der Waals surface area contributed by atoms with Gasteiger partial charge in [0.1, 0.15) is 5.75 Å². The van der Waals surface area contributed by atoms with Crippen LogP contribution < -0.4 is 9.64 Å². The number of carbonyl (C=O) groups is 1. The van der Waals surface area contributed by atoms with E-state index in [1.54, 1.807) is 4.90 Å². The van der Waals surface area contributed by atoms with Crippen LogP contribution in [0.1, 0.15) is 13.8 Å². The summed E-state index contributed by atoms with van der Waals surface area (Å²) in [6, 6.07) is 15.4. The molecule has 0 fully saturated rings. The highest BCUT2D eigenvalue weighted by atomic mass is 79.9. The first-order chi connectivity index (χ1) is 13.6. The Labute approximate surface area is 178 Å². The fourth-order valence-electron chi connectivity index (χ4n) is 2.85. The van der Waals surface area contributed by atoms with Crippen LogP contribution in [0, 0.1) is 0 Å². The Kier molecular flexibility index (Phi) is 7.42. The fraction of sp³-hybridized carbons (Fsp3) is 0.333. The summed E-state index contributed by atoms with van der Waals surface area (Å²) in [4.78, 5) is 21.7. The van der Waals surface area contributed by atoms with Crippen LogP contribution in [-0.4, -0.2) is 48.6 Å². The summed E-state index contributed by atoms with van der Waals surface area (Å²) >= 11 is 5.02. The number of carbonyl (C=O) groups excluding carboxylic acids is 1. The number of rotatable bonds is 9. The molecule has 0 atom stereocenters. The van der Waals surface area contributed by atoms with Crippen LogP contribution in [-0.2, 0) is 4.79 Å². The maximum absolute atomic E-state index is 13.0. The SMILES string of the molecule is CCN(CC)CCN(C(=O)COc1ccccc1)c1nc2ccc(Br)cc2s1. The maximum atomic E-state index is 13.0. The molecule has 1 heterocycles. The number of nitrogens with zero attached hydrogens (tertiary/aromatic N) is 3. The zero-order chi connectivity index (χ0) is 19.9. The summed E-state index contributed by atoms with van der Waals surface area (Å²) < 4.78 is 7.74.